The lowest BCUT2D eigenvalue weighted by molar-refractivity contribution is -0.115. The lowest BCUT2D eigenvalue weighted by atomic mass is 9.94. The molecule has 2 aromatic rings. The van der Waals surface area contributed by atoms with Gasteiger partial charge in [0.25, 0.3) is 0 Å². The van der Waals surface area contributed by atoms with Crippen LogP contribution in [-0.4, -0.2) is 39.3 Å². The van der Waals surface area contributed by atoms with Gasteiger partial charge in [0.05, 0.1) is 11.4 Å². The number of carbonyl (C=O) groups is 1. The monoisotopic (exact) mass is 431 g/mol. The minimum Gasteiger partial charge on any atom is -0.325 e. The first-order chi connectivity index (χ1) is 14.1. The topological polar surface area (TPSA) is 78.5 Å². The number of sulfonamides is 1. The maximum Gasteiger partial charge on any atom is 0.242 e. The quantitative estimate of drug-likeness (QED) is 0.600. The third-order valence-electron chi connectivity index (χ3n) is 4.92. The summed E-state index contributed by atoms with van der Waals surface area (Å²) in [6, 6.07) is 14.9. The van der Waals surface area contributed by atoms with Crippen molar-refractivity contribution < 1.29 is 13.2 Å². The van der Waals surface area contributed by atoms with Crippen LogP contribution in [0, 0.1) is 5.92 Å². The summed E-state index contributed by atoms with van der Waals surface area (Å²) in [4.78, 5) is 12.6. The maximum absolute atomic E-state index is 12.5. The lowest BCUT2D eigenvalue weighted by Crippen LogP contribution is -2.33. The number of rotatable bonds is 10. The molecule has 2 aromatic carbocycles. The summed E-state index contributed by atoms with van der Waals surface area (Å²) in [5.41, 5.74) is 2.92. The molecule has 0 unspecified atom stereocenters. The second-order valence-corrected chi connectivity index (χ2v) is 10.1. The average Bonchev–Trinajstić information content (AvgIpc) is 2.69. The zero-order valence-electron chi connectivity index (χ0n) is 18.5. The summed E-state index contributed by atoms with van der Waals surface area (Å²) >= 11 is 0. The van der Waals surface area contributed by atoms with Crippen LogP contribution in [-0.2, 0) is 21.2 Å². The third-order valence-corrected chi connectivity index (χ3v) is 6.73. The standard InChI is InChI=1S/C23H33N3O3S/c1-6-8-18-11-13-19(14-12-18)23(17(2)3)24-16-22(27)25-20-9-7-10-21(15-20)30(28,29)26(4)5/h7,9-15,17,23-24H,6,8,16H2,1-5H3,(H,25,27)/t23-/m0/s1. The molecule has 2 N–H and O–H groups in total. The van der Waals surface area contributed by atoms with E-state index in [4.69, 9.17) is 0 Å². The van der Waals surface area contributed by atoms with Crippen molar-refractivity contribution in [3.05, 3.63) is 59.7 Å². The first-order valence-corrected chi connectivity index (χ1v) is 11.7. The Hall–Kier alpha value is -2.22. The van der Waals surface area contributed by atoms with Crippen LogP contribution in [0.4, 0.5) is 5.69 Å². The van der Waals surface area contributed by atoms with E-state index in [2.05, 4.69) is 55.7 Å². The number of benzene rings is 2. The highest BCUT2D eigenvalue weighted by Gasteiger charge is 2.19. The van der Waals surface area contributed by atoms with Gasteiger partial charge in [0.15, 0.2) is 0 Å². The van der Waals surface area contributed by atoms with Gasteiger partial charge in [0, 0.05) is 25.8 Å². The molecule has 0 spiro atoms. The van der Waals surface area contributed by atoms with Gasteiger partial charge in [0.1, 0.15) is 0 Å². The Kier molecular flexibility index (Phi) is 8.58. The largest absolute Gasteiger partial charge is 0.325 e. The Morgan fingerprint density at radius 1 is 1.07 bits per heavy atom. The van der Waals surface area contributed by atoms with Gasteiger partial charge < -0.3 is 10.6 Å². The highest BCUT2D eigenvalue weighted by atomic mass is 32.2. The Bertz CT molecular complexity index is 938. The zero-order chi connectivity index (χ0) is 22.3. The second-order valence-electron chi connectivity index (χ2n) is 7.96. The van der Waals surface area contributed by atoms with Crippen molar-refractivity contribution in [2.75, 3.05) is 26.0 Å². The SMILES string of the molecule is CCCc1ccc([C@@H](NCC(=O)Nc2cccc(S(=O)(=O)N(C)C)c2)C(C)C)cc1. The zero-order valence-corrected chi connectivity index (χ0v) is 19.3. The molecule has 0 fully saturated rings. The van der Waals surface area contributed by atoms with Gasteiger partial charge in [-0.05, 0) is 41.7 Å². The number of anilines is 1. The van der Waals surface area contributed by atoms with E-state index in [-0.39, 0.29) is 23.4 Å². The van der Waals surface area contributed by atoms with Crippen molar-refractivity contribution in [1.82, 2.24) is 9.62 Å². The molecule has 164 valence electrons. The molecule has 0 heterocycles. The summed E-state index contributed by atoms with van der Waals surface area (Å²) < 4.78 is 25.7. The first-order valence-electron chi connectivity index (χ1n) is 10.3. The van der Waals surface area contributed by atoms with Crippen LogP contribution in [0.5, 0.6) is 0 Å². The van der Waals surface area contributed by atoms with Crippen molar-refractivity contribution in [1.29, 1.82) is 0 Å². The van der Waals surface area contributed by atoms with E-state index in [9.17, 15) is 13.2 Å². The molecule has 2 rings (SSSR count). The second kappa shape index (κ2) is 10.7. The molecule has 30 heavy (non-hydrogen) atoms. The fourth-order valence-electron chi connectivity index (χ4n) is 3.27. The Labute approximate surface area is 180 Å². The van der Waals surface area contributed by atoms with E-state index < -0.39 is 10.0 Å². The van der Waals surface area contributed by atoms with E-state index >= 15 is 0 Å². The Morgan fingerprint density at radius 2 is 1.73 bits per heavy atom. The smallest absolute Gasteiger partial charge is 0.242 e. The Balaban J connectivity index is 2.03. The number of hydrogen-bond donors (Lipinski definition) is 2. The van der Waals surface area contributed by atoms with Gasteiger partial charge >= 0.3 is 0 Å². The average molecular weight is 432 g/mol. The van der Waals surface area contributed by atoms with Crippen LogP contribution in [0.2, 0.25) is 0 Å². The molecular formula is C23H33N3O3S. The molecule has 0 radical (unpaired) electrons. The third kappa shape index (κ3) is 6.39. The van der Waals surface area contributed by atoms with Gasteiger partial charge in [-0.3, -0.25) is 4.79 Å². The number of aryl methyl sites for hydroxylation is 1. The molecular weight excluding hydrogens is 398 g/mol. The normalized spacial score (nSPS) is 12.9. The first kappa shape index (κ1) is 24.1. The van der Waals surface area contributed by atoms with Crippen LogP contribution in [0.3, 0.4) is 0 Å². The molecule has 1 amide bonds. The summed E-state index contributed by atoms with van der Waals surface area (Å²) in [6.45, 7) is 6.52. The molecule has 1 atom stereocenters. The van der Waals surface area contributed by atoms with Gasteiger partial charge in [-0.25, -0.2) is 12.7 Å². The van der Waals surface area contributed by atoms with Crippen LogP contribution in [0.25, 0.3) is 0 Å². The summed E-state index contributed by atoms with van der Waals surface area (Å²) in [7, 11) is -0.595. The molecule has 7 heteroatoms. The molecule has 6 nitrogen and oxygen atoms in total. The number of amides is 1. The van der Waals surface area contributed by atoms with E-state index in [1.54, 1.807) is 12.1 Å². The van der Waals surface area contributed by atoms with Crippen LogP contribution < -0.4 is 10.6 Å². The van der Waals surface area contributed by atoms with Gasteiger partial charge in [0.2, 0.25) is 15.9 Å². The minimum atomic E-state index is -3.55. The van der Waals surface area contributed by atoms with Crippen LogP contribution in [0.1, 0.15) is 44.4 Å². The van der Waals surface area contributed by atoms with Crippen molar-refractivity contribution in [2.24, 2.45) is 5.92 Å². The molecule has 0 saturated heterocycles. The Morgan fingerprint density at radius 3 is 2.30 bits per heavy atom. The van der Waals surface area contributed by atoms with Crippen molar-refractivity contribution in [2.45, 2.75) is 44.6 Å². The highest BCUT2D eigenvalue weighted by molar-refractivity contribution is 7.89. The number of nitrogens with zero attached hydrogens (tertiary/aromatic N) is 1. The van der Waals surface area contributed by atoms with Gasteiger partial charge in [-0.1, -0.05) is 57.5 Å². The van der Waals surface area contributed by atoms with E-state index in [1.165, 1.54) is 31.8 Å². The number of hydrogen-bond acceptors (Lipinski definition) is 4. The summed E-state index contributed by atoms with van der Waals surface area (Å²) in [6.07, 6.45) is 2.17. The predicted octanol–water partition coefficient (Wildman–Crippen LogP) is 3.81. The predicted molar refractivity (Wildman–Crippen MR) is 122 cm³/mol. The molecule has 0 saturated carbocycles. The molecule has 0 aliphatic carbocycles. The lowest BCUT2D eigenvalue weighted by Gasteiger charge is -2.23. The van der Waals surface area contributed by atoms with Crippen molar-refractivity contribution in [3.8, 4) is 0 Å². The van der Waals surface area contributed by atoms with E-state index in [0.717, 1.165) is 22.7 Å². The summed E-state index contributed by atoms with van der Waals surface area (Å²) in [5.74, 6) is 0.0889. The van der Waals surface area contributed by atoms with Crippen molar-refractivity contribution >= 4 is 21.6 Å². The van der Waals surface area contributed by atoms with Gasteiger partial charge in [-0.2, -0.15) is 0 Å². The van der Waals surface area contributed by atoms with Crippen LogP contribution in [0.15, 0.2) is 53.4 Å². The molecule has 0 bridgehead atoms. The highest BCUT2D eigenvalue weighted by Crippen LogP contribution is 2.22. The molecule has 0 aromatic heterocycles. The van der Waals surface area contributed by atoms with Gasteiger partial charge in [-0.15, -0.1) is 0 Å². The fourth-order valence-corrected chi connectivity index (χ4v) is 4.22. The fraction of sp³-hybridized carbons (Fsp3) is 0.435. The minimum absolute atomic E-state index is 0.0480. The van der Waals surface area contributed by atoms with Crippen LogP contribution >= 0.6 is 0 Å². The maximum atomic E-state index is 12.5. The summed E-state index contributed by atoms with van der Waals surface area (Å²) in [5, 5.41) is 6.11. The van der Waals surface area contributed by atoms with E-state index in [1.807, 2.05) is 0 Å². The van der Waals surface area contributed by atoms with E-state index in [0.29, 0.717) is 11.6 Å². The molecule has 0 aliphatic rings. The molecule has 0 aliphatic heterocycles. The van der Waals surface area contributed by atoms with Crippen molar-refractivity contribution in [3.63, 3.8) is 0 Å². The number of carbonyl (C=O) groups excluding carboxylic acids is 1. The number of nitrogens with one attached hydrogen (secondary N) is 2.